The van der Waals surface area contributed by atoms with Gasteiger partial charge >= 0.3 is 5.97 Å². The molecule has 9 heteroatoms. The molecule has 2 aromatic carbocycles. The number of nitrogens with zero attached hydrogens (tertiary/aromatic N) is 3. The number of oxazole rings is 1. The lowest BCUT2D eigenvalue weighted by molar-refractivity contribution is -0.144. The van der Waals surface area contributed by atoms with E-state index in [1.54, 1.807) is 39.0 Å². The number of anilines is 1. The van der Waals surface area contributed by atoms with Gasteiger partial charge in [-0.3, -0.25) is 14.6 Å². The average molecular weight is 511 g/mol. The summed E-state index contributed by atoms with van der Waals surface area (Å²) >= 11 is 0. The van der Waals surface area contributed by atoms with Crippen LogP contribution >= 0.6 is 0 Å². The molecule has 0 bridgehead atoms. The first kappa shape index (κ1) is 24.9. The van der Waals surface area contributed by atoms with Crippen molar-refractivity contribution >= 4 is 23.5 Å². The van der Waals surface area contributed by atoms with Gasteiger partial charge in [0.1, 0.15) is 11.8 Å². The van der Waals surface area contributed by atoms with Gasteiger partial charge in [-0.25, -0.2) is 9.78 Å². The molecular formula is C29H26N4O5. The number of benzene rings is 2. The predicted octanol–water partition coefficient (Wildman–Crippen LogP) is 5.03. The fraction of sp³-hybridized carbons (Fsp3) is 0.207. The molecule has 192 valence electrons. The number of amides is 2. The third kappa shape index (κ3) is 4.66. The molecule has 9 nitrogen and oxygen atoms in total. The topological polar surface area (TPSA) is 126 Å². The van der Waals surface area contributed by atoms with E-state index >= 15 is 0 Å². The molecule has 0 saturated heterocycles. The SMILES string of the molecule is Cc1oc(-c2ccccc2)nc1C(=O)Nc1ccc(-c2ccc3c(c2)C(=O)N(C(C(=O)O)C(C)C)C3)nc1. The molecule has 0 radical (unpaired) electrons. The van der Waals surface area contributed by atoms with Gasteiger partial charge in [0, 0.05) is 23.2 Å². The van der Waals surface area contributed by atoms with E-state index in [-0.39, 0.29) is 24.1 Å². The molecule has 2 amide bonds. The summed E-state index contributed by atoms with van der Waals surface area (Å²) in [5, 5.41) is 12.4. The van der Waals surface area contributed by atoms with Crippen molar-refractivity contribution < 1.29 is 23.9 Å². The van der Waals surface area contributed by atoms with Crippen LogP contribution in [0.5, 0.6) is 0 Å². The second-order valence-electron chi connectivity index (χ2n) is 9.51. The molecule has 0 saturated carbocycles. The van der Waals surface area contributed by atoms with Crippen LogP contribution in [-0.4, -0.2) is 43.8 Å². The van der Waals surface area contributed by atoms with E-state index in [4.69, 9.17) is 4.42 Å². The summed E-state index contributed by atoms with van der Waals surface area (Å²) in [5.74, 6) is -1.17. The number of carbonyl (C=O) groups is 3. The number of carboxylic acid groups (broad SMARTS) is 1. The van der Waals surface area contributed by atoms with Gasteiger partial charge in [0.15, 0.2) is 5.69 Å². The van der Waals surface area contributed by atoms with Crippen molar-refractivity contribution in [3.05, 3.63) is 89.4 Å². The first-order chi connectivity index (χ1) is 18.2. The highest BCUT2D eigenvalue weighted by atomic mass is 16.4. The number of pyridine rings is 1. The Morgan fingerprint density at radius 1 is 1.05 bits per heavy atom. The van der Waals surface area contributed by atoms with Gasteiger partial charge < -0.3 is 19.7 Å². The van der Waals surface area contributed by atoms with Gasteiger partial charge in [0.25, 0.3) is 11.8 Å². The molecule has 2 N–H and O–H groups in total. The Hall–Kier alpha value is -4.79. The number of nitrogens with one attached hydrogen (secondary N) is 1. The monoisotopic (exact) mass is 510 g/mol. The van der Waals surface area contributed by atoms with Crippen LogP contribution in [0, 0.1) is 12.8 Å². The van der Waals surface area contributed by atoms with Gasteiger partial charge in [0.2, 0.25) is 5.89 Å². The fourth-order valence-electron chi connectivity index (χ4n) is 4.63. The number of hydrogen-bond acceptors (Lipinski definition) is 6. The minimum Gasteiger partial charge on any atom is -0.480 e. The number of carboxylic acids is 1. The summed E-state index contributed by atoms with van der Waals surface area (Å²) in [5.41, 5.74) is 4.03. The number of hydrogen-bond donors (Lipinski definition) is 2. The molecule has 0 fully saturated rings. The first-order valence-electron chi connectivity index (χ1n) is 12.2. The quantitative estimate of drug-likeness (QED) is 0.357. The largest absolute Gasteiger partial charge is 0.480 e. The van der Waals surface area contributed by atoms with Crippen molar-refractivity contribution in [3.8, 4) is 22.7 Å². The van der Waals surface area contributed by atoms with Crippen molar-refractivity contribution in [2.24, 2.45) is 5.92 Å². The maximum atomic E-state index is 13.0. The molecule has 1 unspecified atom stereocenters. The molecule has 1 atom stereocenters. The van der Waals surface area contributed by atoms with Crippen molar-refractivity contribution in [1.29, 1.82) is 0 Å². The molecule has 5 rings (SSSR count). The van der Waals surface area contributed by atoms with Crippen LogP contribution in [0.4, 0.5) is 5.69 Å². The van der Waals surface area contributed by atoms with E-state index in [1.165, 1.54) is 11.1 Å². The fourth-order valence-corrected chi connectivity index (χ4v) is 4.63. The Morgan fingerprint density at radius 3 is 2.47 bits per heavy atom. The zero-order chi connectivity index (χ0) is 27.0. The summed E-state index contributed by atoms with van der Waals surface area (Å²) in [7, 11) is 0. The van der Waals surface area contributed by atoms with Gasteiger partial charge in [-0.15, -0.1) is 0 Å². The number of aromatic nitrogens is 2. The highest BCUT2D eigenvalue weighted by Crippen LogP contribution is 2.31. The molecular weight excluding hydrogens is 484 g/mol. The van der Waals surface area contributed by atoms with Crippen LogP contribution in [0.25, 0.3) is 22.7 Å². The van der Waals surface area contributed by atoms with Crippen molar-refractivity contribution in [3.63, 3.8) is 0 Å². The maximum Gasteiger partial charge on any atom is 0.326 e. The Labute approximate surface area is 219 Å². The standard InChI is InChI=1S/C29H26N4O5/c1-16(2)25(29(36)37)33-15-20-10-9-19(13-22(20)28(33)35)23-12-11-21(14-30-23)31-26(34)24-17(3)38-27(32-24)18-7-5-4-6-8-18/h4-14,16,25H,15H2,1-3H3,(H,31,34)(H,36,37). The number of carbonyl (C=O) groups excluding carboxylic acids is 2. The summed E-state index contributed by atoms with van der Waals surface area (Å²) in [6, 6.07) is 17.3. The second-order valence-corrected chi connectivity index (χ2v) is 9.51. The number of fused-ring (bicyclic) bond motifs is 1. The van der Waals surface area contributed by atoms with E-state index < -0.39 is 17.9 Å². The second kappa shape index (κ2) is 9.93. The van der Waals surface area contributed by atoms with Gasteiger partial charge in [-0.2, -0.15) is 0 Å². The Bertz CT molecular complexity index is 1530. The molecule has 38 heavy (non-hydrogen) atoms. The van der Waals surface area contributed by atoms with E-state index in [0.717, 1.165) is 11.1 Å². The van der Waals surface area contributed by atoms with E-state index in [0.29, 0.717) is 34.2 Å². The van der Waals surface area contributed by atoms with E-state index in [2.05, 4.69) is 15.3 Å². The third-order valence-electron chi connectivity index (χ3n) is 6.51. The van der Waals surface area contributed by atoms with Crippen LogP contribution in [0.2, 0.25) is 0 Å². The Morgan fingerprint density at radius 2 is 1.82 bits per heavy atom. The van der Waals surface area contributed by atoms with Crippen LogP contribution in [0.1, 0.15) is 46.0 Å². The van der Waals surface area contributed by atoms with Crippen molar-refractivity contribution in [1.82, 2.24) is 14.9 Å². The minimum absolute atomic E-state index is 0.190. The number of aryl methyl sites for hydroxylation is 1. The first-order valence-corrected chi connectivity index (χ1v) is 12.2. The van der Waals surface area contributed by atoms with Gasteiger partial charge in [0.05, 0.1) is 17.6 Å². The maximum absolute atomic E-state index is 13.0. The molecule has 3 heterocycles. The Kier molecular flexibility index (Phi) is 6.50. The number of rotatable bonds is 7. The highest BCUT2D eigenvalue weighted by molar-refractivity contribution is 6.04. The van der Waals surface area contributed by atoms with Crippen molar-refractivity contribution in [2.75, 3.05) is 5.32 Å². The number of aliphatic carboxylic acids is 1. The molecule has 1 aliphatic rings. The third-order valence-corrected chi connectivity index (χ3v) is 6.51. The minimum atomic E-state index is -1.02. The lowest BCUT2D eigenvalue weighted by atomic mass is 10.0. The van der Waals surface area contributed by atoms with Crippen LogP contribution in [-0.2, 0) is 11.3 Å². The molecule has 0 spiro atoms. The lowest BCUT2D eigenvalue weighted by Gasteiger charge is -2.27. The normalized spacial score (nSPS) is 13.5. The molecule has 4 aromatic rings. The molecule has 1 aliphatic heterocycles. The Balaban J connectivity index is 1.31. The predicted molar refractivity (Wildman–Crippen MR) is 140 cm³/mol. The molecule has 2 aromatic heterocycles. The van der Waals surface area contributed by atoms with E-state index in [1.807, 2.05) is 42.5 Å². The summed E-state index contributed by atoms with van der Waals surface area (Å²) in [4.78, 5) is 47.8. The highest BCUT2D eigenvalue weighted by Gasteiger charge is 2.38. The van der Waals surface area contributed by atoms with Crippen LogP contribution < -0.4 is 5.32 Å². The smallest absolute Gasteiger partial charge is 0.326 e. The van der Waals surface area contributed by atoms with Crippen LogP contribution in [0.3, 0.4) is 0 Å². The zero-order valence-corrected chi connectivity index (χ0v) is 21.1. The zero-order valence-electron chi connectivity index (χ0n) is 21.1. The van der Waals surface area contributed by atoms with Gasteiger partial charge in [-0.1, -0.05) is 44.2 Å². The average Bonchev–Trinajstić information content (AvgIpc) is 3.44. The van der Waals surface area contributed by atoms with E-state index in [9.17, 15) is 19.5 Å². The lowest BCUT2D eigenvalue weighted by Crippen LogP contribution is -2.44. The summed E-state index contributed by atoms with van der Waals surface area (Å²) < 4.78 is 5.68. The summed E-state index contributed by atoms with van der Waals surface area (Å²) in [6.07, 6.45) is 1.53. The molecule has 0 aliphatic carbocycles. The van der Waals surface area contributed by atoms with Gasteiger partial charge in [-0.05, 0) is 48.7 Å². The van der Waals surface area contributed by atoms with Crippen LogP contribution in [0.15, 0.2) is 71.3 Å². The summed E-state index contributed by atoms with van der Waals surface area (Å²) in [6.45, 7) is 5.52. The van der Waals surface area contributed by atoms with Crippen molar-refractivity contribution in [2.45, 2.75) is 33.4 Å².